The smallest absolute Gasteiger partial charge is 0.399 e. The Hall–Kier alpha value is -2.18. The van der Waals surface area contributed by atoms with E-state index in [1.54, 1.807) is 0 Å². The van der Waals surface area contributed by atoms with E-state index in [1.165, 1.54) is 4.68 Å². The van der Waals surface area contributed by atoms with Crippen LogP contribution in [0, 0.1) is 6.92 Å². The standard InChI is InChI=1S/C14H15F3N4/c1-8-2-3-9(6-10(8)18)11-4-5-19-13-7-12(14(15,16)17)20-21(11)13/h2-3,6-7,11,19H,4-5,18H2,1H3. The average Bonchev–Trinajstić information content (AvgIpc) is 2.86. The van der Waals surface area contributed by atoms with Crippen LogP contribution in [0.2, 0.25) is 0 Å². The molecule has 0 bridgehead atoms. The van der Waals surface area contributed by atoms with E-state index in [0.29, 0.717) is 24.5 Å². The number of aromatic nitrogens is 2. The van der Waals surface area contributed by atoms with Gasteiger partial charge in [0.05, 0.1) is 6.04 Å². The molecule has 1 aromatic heterocycles. The van der Waals surface area contributed by atoms with Gasteiger partial charge in [0, 0.05) is 18.3 Å². The lowest BCUT2D eigenvalue weighted by molar-refractivity contribution is -0.141. The summed E-state index contributed by atoms with van der Waals surface area (Å²) in [4.78, 5) is 0. The summed E-state index contributed by atoms with van der Waals surface area (Å²) in [6.07, 6.45) is -3.78. The van der Waals surface area contributed by atoms with Crippen LogP contribution in [-0.2, 0) is 6.18 Å². The third-order valence-electron chi connectivity index (χ3n) is 3.73. The Morgan fingerprint density at radius 3 is 2.76 bits per heavy atom. The van der Waals surface area contributed by atoms with Gasteiger partial charge in [-0.25, -0.2) is 4.68 Å². The van der Waals surface area contributed by atoms with Gasteiger partial charge in [-0.1, -0.05) is 12.1 Å². The first-order chi connectivity index (χ1) is 9.86. The lowest BCUT2D eigenvalue weighted by atomic mass is 10.00. The van der Waals surface area contributed by atoms with Crippen LogP contribution in [-0.4, -0.2) is 16.3 Å². The van der Waals surface area contributed by atoms with E-state index in [2.05, 4.69) is 10.4 Å². The van der Waals surface area contributed by atoms with Crippen molar-refractivity contribution in [1.29, 1.82) is 0 Å². The summed E-state index contributed by atoms with van der Waals surface area (Å²) >= 11 is 0. The maximum atomic E-state index is 12.8. The molecular formula is C14H15F3N4. The maximum absolute atomic E-state index is 12.8. The molecule has 0 saturated carbocycles. The molecule has 1 aromatic carbocycles. The van der Waals surface area contributed by atoms with Gasteiger partial charge in [-0.15, -0.1) is 0 Å². The number of nitrogen functional groups attached to an aromatic ring is 1. The summed E-state index contributed by atoms with van der Waals surface area (Å²) in [6.45, 7) is 2.49. The van der Waals surface area contributed by atoms with Gasteiger partial charge in [0.25, 0.3) is 0 Å². The van der Waals surface area contributed by atoms with Crippen molar-refractivity contribution in [2.24, 2.45) is 0 Å². The first kappa shape index (κ1) is 13.8. The molecule has 3 N–H and O–H groups in total. The molecule has 2 heterocycles. The van der Waals surface area contributed by atoms with Crippen molar-refractivity contribution in [2.75, 3.05) is 17.6 Å². The van der Waals surface area contributed by atoms with E-state index in [9.17, 15) is 13.2 Å². The zero-order valence-electron chi connectivity index (χ0n) is 11.4. The second-order valence-corrected chi connectivity index (χ2v) is 5.20. The lowest BCUT2D eigenvalue weighted by Crippen LogP contribution is -2.24. The normalized spacial score (nSPS) is 18.2. The van der Waals surface area contributed by atoms with Crippen molar-refractivity contribution in [3.05, 3.63) is 41.1 Å². The summed E-state index contributed by atoms with van der Waals surface area (Å²) < 4.78 is 39.8. The number of benzene rings is 1. The summed E-state index contributed by atoms with van der Waals surface area (Å²) in [5.41, 5.74) is 7.47. The van der Waals surface area contributed by atoms with E-state index in [4.69, 9.17) is 5.73 Å². The Kier molecular flexibility index (Phi) is 3.07. The Morgan fingerprint density at radius 1 is 1.33 bits per heavy atom. The fraction of sp³-hybridized carbons (Fsp3) is 0.357. The lowest BCUT2D eigenvalue weighted by Gasteiger charge is -2.26. The van der Waals surface area contributed by atoms with Gasteiger partial charge in [-0.05, 0) is 30.5 Å². The quantitative estimate of drug-likeness (QED) is 0.795. The first-order valence-electron chi connectivity index (χ1n) is 6.63. The van der Waals surface area contributed by atoms with Gasteiger partial charge in [0.15, 0.2) is 5.69 Å². The van der Waals surface area contributed by atoms with E-state index in [0.717, 1.165) is 17.2 Å². The molecule has 4 nitrogen and oxygen atoms in total. The van der Waals surface area contributed by atoms with E-state index >= 15 is 0 Å². The summed E-state index contributed by atoms with van der Waals surface area (Å²) in [5, 5.41) is 6.67. The van der Waals surface area contributed by atoms with Crippen molar-refractivity contribution >= 4 is 11.5 Å². The molecule has 0 aliphatic carbocycles. The minimum Gasteiger partial charge on any atom is -0.399 e. The highest BCUT2D eigenvalue weighted by Gasteiger charge is 2.36. The molecule has 1 aliphatic rings. The Morgan fingerprint density at radius 2 is 2.10 bits per heavy atom. The molecule has 0 radical (unpaired) electrons. The number of anilines is 2. The minimum atomic E-state index is -4.44. The fourth-order valence-corrected chi connectivity index (χ4v) is 2.54. The van der Waals surface area contributed by atoms with Crippen LogP contribution in [0.4, 0.5) is 24.7 Å². The largest absolute Gasteiger partial charge is 0.435 e. The van der Waals surface area contributed by atoms with Gasteiger partial charge < -0.3 is 11.1 Å². The third-order valence-corrected chi connectivity index (χ3v) is 3.73. The molecular weight excluding hydrogens is 281 g/mol. The number of aryl methyl sites for hydroxylation is 1. The van der Waals surface area contributed by atoms with Gasteiger partial charge in [0.1, 0.15) is 5.82 Å². The van der Waals surface area contributed by atoms with Crippen molar-refractivity contribution in [3.63, 3.8) is 0 Å². The van der Waals surface area contributed by atoms with Crippen molar-refractivity contribution in [1.82, 2.24) is 9.78 Å². The molecule has 3 rings (SSSR count). The molecule has 0 fully saturated rings. The third kappa shape index (κ3) is 2.43. The number of nitrogens with zero attached hydrogens (tertiary/aromatic N) is 2. The Balaban J connectivity index is 2.03. The van der Waals surface area contributed by atoms with E-state index < -0.39 is 11.9 Å². The summed E-state index contributed by atoms with van der Waals surface area (Å²) in [7, 11) is 0. The Labute approximate surface area is 119 Å². The highest BCUT2D eigenvalue weighted by atomic mass is 19.4. The molecule has 0 amide bonds. The number of rotatable bonds is 1. The van der Waals surface area contributed by atoms with E-state index in [1.807, 2.05) is 25.1 Å². The van der Waals surface area contributed by atoms with E-state index in [-0.39, 0.29) is 6.04 Å². The number of alkyl halides is 3. The number of hydrogen-bond acceptors (Lipinski definition) is 3. The molecule has 7 heteroatoms. The summed E-state index contributed by atoms with van der Waals surface area (Å²) in [6, 6.07) is 6.38. The predicted octanol–water partition coefficient (Wildman–Crippen LogP) is 3.20. The van der Waals surface area contributed by atoms with Crippen LogP contribution >= 0.6 is 0 Å². The first-order valence-corrected chi connectivity index (χ1v) is 6.63. The molecule has 1 aliphatic heterocycles. The average molecular weight is 296 g/mol. The van der Waals surface area contributed by atoms with Gasteiger partial charge in [-0.3, -0.25) is 0 Å². The minimum absolute atomic E-state index is 0.236. The topological polar surface area (TPSA) is 55.9 Å². The molecule has 1 unspecified atom stereocenters. The SMILES string of the molecule is Cc1ccc(C2CCNc3cc(C(F)(F)F)nn32)cc1N. The van der Waals surface area contributed by atoms with Crippen LogP contribution in [0.3, 0.4) is 0 Å². The highest BCUT2D eigenvalue weighted by Crippen LogP contribution is 2.35. The molecule has 1 atom stereocenters. The van der Waals surface area contributed by atoms with Crippen molar-refractivity contribution in [3.8, 4) is 0 Å². The van der Waals surface area contributed by atoms with Crippen LogP contribution in [0.25, 0.3) is 0 Å². The van der Waals surface area contributed by atoms with Crippen LogP contribution < -0.4 is 11.1 Å². The number of halogens is 3. The summed E-state index contributed by atoms with van der Waals surface area (Å²) in [5.74, 6) is 0.387. The monoisotopic (exact) mass is 296 g/mol. The second-order valence-electron chi connectivity index (χ2n) is 5.20. The highest BCUT2D eigenvalue weighted by molar-refractivity contribution is 5.50. The van der Waals surface area contributed by atoms with Crippen molar-refractivity contribution < 1.29 is 13.2 Å². The molecule has 21 heavy (non-hydrogen) atoms. The second kappa shape index (κ2) is 4.68. The zero-order valence-corrected chi connectivity index (χ0v) is 11.4. The van der Waals surface area contributed by atoms with Gasteiger partial charge in [0.2, 0.25) is 0 Å². The number of nitrogens with two attached hydrogens (primary N) is 1. The zero-order chi connectivity index (χ0) is 15.2. The van der Waals surface area contributed by atoms with Gasteiger partial charge >= 0.3 is 6.18 Å². The number of fused-ring (bicyclic) bond motifs is 1. The van der Waals surface area contributed by atoms with Crippen LogP contribution in [0.1, 0.15) is 29.3 Å². The fourth-order valence-electron chi connectivity index (χ4n) is 2.54. The number of hydrogen-bond donors (Lipinski definition) is 2. The molecule has 112 valence electrons. The maximum Gasteiger partial charge on any atom is 0.435 e. The number of nitrogens with one attached hydrogen (secondary N) is 1. The Bertz CT molecular complexity index is 675. The molecule has 0 spiro atoms. The van der Waals surface area contributed by atoms with Crippen LogP contribution in [0.15, 0.2) is 24.3 Å². The van der Waals surface area contributed by atoms with Crippen molar-refractivity contribution in [2.45, 2.75) is 25.6 Å². The van der Waals surface area contributed by atoms with Gasteiger partial charge in [-0.2, -0.15) is 18.3 Å². The molecule has 2 aromatic rings. The van der Waals surface area contributed by atoms with Crippen LogP contribution in [0.5, 0.6) is 0 Å². The molecule has 0 saturated heterocycles. The predicted molar refractivity (Wildman–Crippen MR) is 74.1 cm³/mol.